The van der Waals surface area contributed by atoms with Crippen LogP contribution in [0.25, 0.3) is 0 Å². The molecule has 0 saturated carbocycles. The molecule has 2 aromatic rings. The fraction of sp³-hybridized carbons (Fsp3) is 0.500. The summed E-state index contributed by atoms with van der Waals surface area (Å²) in [6.07, 6.45) is 7.32. The summed E-state index contributed by atoms with van der Waals surface area (Å²) in [4.78, 5) is 19.0. The molecule has 0 radical (unpaired) electrons. The lowest BCUT2D eigenvalue weighted by atomic mass is 10.1. The van der Waals surface area contributed by atoms with Crippen molar-refractivity contribution in [1.82, 2.24) is 19.7 Å². The molecule has 0 unspecified atom stereocenters. The lowest BCUT2D eigenvalue weighted by molar-refractivity contribution is 0.0670. The molecular formula is C18H26N4O. The highest BCUT2D eigenvalue weighted by Crippen LogP contribution is 2.17. The van der Waals surface area contributed by atoms with Crippen molar-refractivity contribution in [3.63, 3.8) is 0 Å². The molecular weight excluding hydrogens is 288 g/mol. The zero-order chi connectivity index (χ0) is 16.8. The molecule has 2 aromatic heterocycles. The normalized spacial score (nSPS) is 12.2. The lowest BCUT2D eigenvalue weighted by Crippen LogP contribution is -2.38. The molecule has 0 aliphatic rings. The largest absolute Gasteiger partial charge is 0.332 e. The predicted octanol–water partition coefficient (Wildman–Crippen LogP) is 3.44. The molecule has 5 nitrogen and oxygen atoms in total. The number of carbonyl (C=O) groups is 1. The highest BCUT2D eigenvalue weighted by molar-refractivity contribution is 5.95. The summed E-state index contributed by atoms with van der Waals surface area (Å²) in [5.41, 5.74) is 2.59. The van der Waals surface area contributed by atoms with E-state index in [0.717, 1.165) is 30.6 Å². The summed E-state index contributed by atoms with van der Waals surface area (Å²) >= 11 is 0. The Morgan fingerprint density at radius 1 is 1.30 bits per heavy atom. The number of hydrogen-bond donors (Lipinski definition) is 0. The summed E-state index contributed by atoms with van der Waals surface area (Å²) in [5, 5.41) is 4.46. The standard InChI is InChI=1S/C18H26N4O/c1-5-11-21-13-17(15(4)20-21)18(23)22(14(3)6-2)12-16-7-9-19-10-8-16/h7-10,13-14H,5-6,11-12H2,1-4H3/t14-/m0/s1. The number of amides is 1. The maximum atomic E-state index is 13.0. The van der Waals surface area contributed by atoms with Crippen molar-refractivity contribution in [3.8, 4) is 0 Å². The van der Waals surface area contributed by atoms with Crippen molar-refractivity contribution in [2.45, 2.75) is 59.7 Å². The van der Waals surface area contributed by atoms with E-state index in [0.29, 0.717) is 12.1 Å². The van der Waals surface area contributed by atoms with Crippen LogP contribution in [0.3, 0.4) is 0 Å². The van der Waals surface area contributed by atoms with E-state index >= 15 is 0 Å². The van der Waals surface area contributed by atoms with Gasteiger partial charge in [0.05, 0.1) is 11.3 Å². The van der Waals surface area contributed by atoms with Gasteiger partial charge in [-0.25, -0.2) is 0 Å². The Balaban J connectivity index is 2.26. The Hall–Kier alpha value is -2.17. The Labute approximate surface area is 138 Å². The van der Waals surface area contributed by atoms with Crippen LogP contribution in [-0.2, 0) is 13.1 Å². The molecule has 23 heavy (non-hydrogen) atoms. The molecule has 2 heterocycles. The number of pyridine rings is 1. The Morgan fingerprint density at radius 2 is 2.00 bits per heavy atom. The smallest absolute Gasteiger partial charge is 0.257 e. The maximum Gasteiger partial charge on any atom is 0.257 e. The van der Waals surface area contributed by atoms with Crippen molar-refractivity contribution in [3.05, 3.63) is 47.5 Å². The topological polar surface area (TPSA) is 51.0 Å². The monoisotopic (exact) mass is 314 g/mol. The molecule has 0 bridgehead atoms. The van der Waals surface area contributed by atoms with Gasteiger partial charge in [0.25, 0.3) is 5.91 Å². The van der Waals surface area contributed by atoms with Crippen LogP contribution in [0.2, 0.25) is 0 Å². The van der Waals surface area contributed by atoms with Crippen LogP contribution >= 0.6 is 0 Å². The van der Waals surface area contributed by atoms with Gasteiger partial charge >= 0.3 is 0 Å². The first-order valence-electron chi connectivity index (χ1n) is 8.30. The minimum absolute atomic E-state index is 0.0519. The van der Waals surface area contributed by atoms with Crippen LogP contribution in [0.4, 0.5) is 0 Å². The molecule has 0 aliphatic carbocycles. The molecule has 1 atom stereocenters. The molecule has 1 amide bonds. The van der Waals surface area contributed by atoms with E-state index in [9.17, 15) is 4.79 Å². The van der Waals surface area contributed by atoms with Gasteiger partial charge in [-0.3, -0.25) is 14.5 Å². The van der Waals surface area contributed by atoms with Gasteiger partial charge in [0.1, 0.15) is 0 Å². The van der Waals surface area contributed by atoms with Gasteiger partial charge < -0.3 is 4.90 Å². The van der Waals surface area contributed by atoms with Gasteiger partial charge in [0.15, 0.2) is 0 Å². The average molecular weight is 314 g/mol. The van der Waals surface area contributed by atoms with E-state index in [1.807, 2.05) is 34.8 Å². The zero-order valence-corrected chi connectivity index (χ0v) is 14.5. The molecule has 0 aromatic carbocycles. The van der Waals surface area contributed by atoms with E-state index in [-0.39, 0.29) is 11.9 Å². The second-order valence-electron chi connectivity index (χ2n) is 5.94. The molecule has 5 heteroatoms. The van der Waals surface area contributed by atoms with Crippen molar-refractivity contribution < 1.29 is 4.79 Å². The second kappa shape index (κ2) is 7.90. The molecule has 0 aliphatic heterocycles. The van der Waals surface area contributed by atoms with Crippen LogP contribution in [0.15, 0.2) is 30.7 Å². The van der Waals surface area contributed by atoms with Crippen LogP contribution in [0.1, 0.15) is 55.2 Å². The van der Waals surface area contributed by atoms with E-state index in [4.69, 9.17) is 0 Å². The number of aromatic nitrogens is 3. The van der Waals surface area contributed by atoms with Gasteiger partial charge in [-0.15, -0.1) is 0 Å². The van der Waals surface area contributed by atoms with Crippen molar-refractivity contribution >= 4 is 5.91 Å². The molecule has 124 valence electrons. The second-order valence-corrected chi connectivity index (χ2v) is 5.94. The molecule has 2 rings (SSSR count). The van der Waals surface area contributed by atoms with Crippen LogP contribution < -0.4 is 0 Å². The van der Waals surface area contributed by atoms with E-state index in [2.05, 4.69) is 30.9 Å². The molecule has 0 N–H and O–H groups in total. The van der Waals surface area contributed by atoms with Crippen molar-refractivity contribution in [2.24, 2.45) is 0 Å². The van der Waals surface area contributed by atoms with Gasteiger partial charge in [-0.2, -0.15) is 5.10 Å². The van der Waals surface area contributed by atoms with E-state index in [1.165, 1.54) is 0 Å². The summed E-state index contributed by atoms with van der Waals surface area (Å²) in [7, 11) is 0. The van der Waals surface area contributed by atoms with Gasteiger partial charge in [0.2, 0.25) is 0 Å². The average Bonchev–Trinajstić information content (AvgIpc) is 2.93. The number of nitrogens with zero attached hydrogens (tertiary/aromatic N) is 4. The van der Waals surface area contributed by atoms with Gasteiger partial charge in [0, 0.05) is 37.7 Å². The molecule has 0 fully saturated rings. The van der Waals surface area contributed by atoms with Crippen molar-refractivity contribution in [1.29, 1.82) is 0 Å². The Bertz CT molecular complexity index is 636. The summed E-state index contributed by atoms with van der Waals surface area (Å²) in [6, 6.07) is 4.08. The summed E-state index contributed by atoms with van der Waals surface area (Å²) < 4.78 is 1.86. The molecule has 0 saturated heterocycles. The number of hydrogen-bond acceptors (Lipinski definition) is 3. The third-order valence-electron chi connectivity index (χ3n) is 4.12. The first-order valence-corrected chi connectivity index (χ1v) is 8.30. The third kappa shape index (κ3) is 4.18. The van der Waals surface area contributed by atoms with Crippen LogP contribution in [0.5, 0.6) is 0 Å². The van der Waals surface area contributed by atoms with E-state index < -0.39 is 0 Å². The predicted molar refractivity (Wildman–Crippen MR) is 91.1 cm³/mol. The van der Waals surface area contributed by atoms with Crippen LogP contribution in [-0.4, -0.2) is 31.6 Å². The SMILES string of the molecule is CCCn1cc(C(=O)N(Cc2ccncc2)[C@@H](C)CC)c(C)n1. The minimum Gasteiger partial charge on any atom is -0.332 e. The Kier molecular flexibility index (Phi) is 5.90. The first-order chi connectivity index (χ1) is 11.1. The third-order valence-corrected chi connectivity index (χ3v) is 4.12. The maximum absolute atomic E-state index is 13.0. The fourth-order valence-corrected chi connectivity index (χ4v) is 2.56. The molecule has 0 spiro atoms. The Morgan fingerprint density at radius 3 is 2.61 bits per heavy atom. The lowest BCUT2D eigenvalue weighted by Gasteiger charge is -2.28. The van der Waals surface area contributed by atoms with Crippen LogP contribution in [0, 0.1) is 6.92 Å². The quantitative estimate of drug-likeness (QED) is 0.786. The number of carbonyl (C=O) groups excluding carboxylic acids is 1. The highest BCUT2D eigenvalue weighted by Gasteiger charge is 2.24. The van der Waals surface area contributed by atoms with Gasteiger partial charge in [-0.1, -0.05) is 13.8 Å². The minimum atomic E-state index is 0.0519. The fourth-order valence-electron chi connectivity index (χ4n) is 2.56. The summed E-state index contributed by atoms with van der Waals surface area (Å²) in [6.45, 7) is 9.63. The van der Waals surface area contributed by atoms with Crippen molar-refractivity contribution in [2.75, 3.05) is 0 Å². The number of rotatable bonds is 7. The highest BCUT2D eigenvalue weighted by atomic mass is 16.2. The van der Waals surface area contributed by atoms with Gasteiger partial charge in [-0.05, 0) is 44.4 Å². The first kappa shape index (κ1) is 17.2. The number of aryl methyl sites for hydroxylation is 2. The van der Waals surface area contributed by atoms with E-state index in [1.54, 1.807) is 12.4 Å². The zero-order valence-electron chi connectivity index (χ0n) is 14.5. The summed E-state index contributed by atoms with van der Waals surface area (Å²) in [5.74, 6) is 0.0519.